The molecule has 4 nitrogen and oxygen atoms in total. The number of ether oxygens (including phenoxy) is 1. The number of carboxylic acids is 1. The number of nitrogens with zero attached hydrogens (tertiary/aromatic N) is 1. The molecule has 1 rings (SSSR count). The number of carbonyl (C=O) groups is 1. The lowest BCUT2D eigenvalue weighted by Crippen LogP contribution is -2.36. The highest BCUT2D eigenvalue weighted by Gasteiger charge is 2.11. The van der Waals surface area contributed by atoms with Crippen molar-refractivity contribution in [3.63, 3.8) is 0 Å². The third-order valence-electron chi connectivity index (χ3n) is 2.82. The number of hydrogen-bond donors (Lipinski definition) is 1. The molecule has 1 N–H and O–H groups in total. The number of benzene rings is 1. The highest BCUT2D eigenvalue weighted by molar-refractivity contribution is 6.32. The fourth-order valence-corrected chi connectivity index (χ4v) is 1.89. The third-order valence-corrected chi connectivity index (χ3v) is 3.13. The molecule has 0 aliphatic carbocycles. The van der Waals surface area contributed by atoms with Gasteiger partial charge in [0.1, 0.15) is 12.4 Å². The van der Waals surface area contributed by atoms with Crippen LogP contribution in [0.15, 0.2) is 24.3 Å². The van der Waals surface area contributed by atoms with Crippen molar-refractivity contribution in [2.75, 3.05) is 19.7 Å². The van der Waals surface area contributed by atoms with Crippen LogP contribution < -0.4 is 4.74 Å². The largest absolute Gasteiger partial charge is 0.491 e. The molecule has 0 saturated carbocycles. The molecule has 106 valence electrons. The summed E-state index contributed by atoms with van der Waals surface area (Å²) in [6.45, 7) is 5.77. The fourth-order valence-electron chi connectivity index (χ4n) is 1.70. The summed E-state index contributed by atoms with van der Waals surface area (Å²) in [5.41, 5.74) is 0. The summed E-state index contributed by atoms with van der Waals surface area (Å²) < 4.78 is 5.60. The first-order chi connectivity index (χ1) is 9.00. The Kier molecular flexibility index (Phi) is 6.67. The predicted molar refractivity (Wildman–Crippen MR) is 75.9 cm³/mol. The Morgan fingerprint density at radius 1 is 1.37 bits per heavy atom. The highest BCUT2D eigenvalue weighted by atomic mass is 35.5. The van der Waals surface area contributed by atoms with E-state index in [1.807, 2.05) is 32.0 Å². The van der Waals surface area contributed by atoms with E-state index in [1.54, 1.807) is 6.07 Å². The SMILES string of the molecule is CC(C)N(CCOc1ccccc1Cl)CCC(=O)O. The maximum Gasteiger partial charge on any atom is 0.304 e. The fraction of sp³-hybridized carbons (Fsp3) is 0.500. The summed E-state index contributed by atoms with van der Waals surface area (Å²) in [5.74, 6) is -0.122. The van der Waals surface area contributed by atoms with Gasteiger partial charge >= 0.3 is 5.97 Å². The number of hydrogen-bond acceptors (Lipinski definition) is 3. The van der Waals surface area contributed by atoms with Crippen molar-refractivity contribution >= 4 is 17.6 Å². The molecule has 1 aromatic carbocycles. The van der Waals surface area contributed by atoms with Gasteiger partial charge in [-0.1, -0.05) is 23.7 Å². The van der Waals surface area contributed by atoms with Gasteiger partial charge in [-0.3, -0.25) is 9.69 Å². The van der Waals surface area contributed by atoms with Crippen LogP contribution in [0, 0.1) is 0 Å². The van der Waals surface area contributed by atoms with Crippen molar-refractivity contribution in [1.29, 1.82) is 0 Å². The normalized spacial score (nSPS) is 11.0. The minimum absolute atomic E-state index is 0.143. The van der Waals surface area contributed by atoms with Crippen LogP contribution in [-0.2, 0) is 4.79 Å². The summed E-state index contributed by atoms with van der Waals surface area (Å²) in [4.78, 5) is 12.7. The first-order valence-corrected chi connectivity index (χ1v) is 6.71. The lowest BCUT2D eigenvalue weighted by molar-refractivity contribution is -0.137. The topological polar surface area (TPSA) is 49.8 Å². The van der Waals surface area contributed by atoms with Gasteiger partial charge in [0.15, 0.2) is 0 Å². The molecule has 0 fully saturated rings. The molecule has 0 saturated heterocycles. The monoisotopic (exact) mass is 285 g/mol. The Morgan fingerprint density at radius 3 is 2.63 bits per heavy atom. The van der Waals surface area contributed by atoms with Gasteiger partial charge in [0.2, 0.25) is 0 Å². The van der Waals surface area contributed by atoms with Gasteiger partial charge < -0.3 is 9.84 Å². The van der Waals surface area contributed by atoms with Gasteiger partial charge in [0, 0.05) is 19.1 Å². The Bertz CT molecular complexity index is 409. The van der Waals surface area contributed by atoms with Gasteiger partial charge in [-0.05, 0) is 26.0 Å². The third kappa shape index (κ3) is 5.94. The summed E-state index contributed by atoms with van der Waals surface area (Å²) in [5, 5.41) is 9.30. The van der Waals surface area contributed by atoms with Crippen LogP contribution in [0.5, 0.6) is 5.75 Å². The van der Waals surface area contributed by atoms with Crippen LogP contribution in [0.4, 0.5) is 0 Å². The van der Waals surface area contributed by atoms with Gasteiger partial charge in [0.25, 0.3) is 0 Å². The van der Waals surface area contributed by atoms with E-state index in [0.717, 1.165) is 0 Å². The number of halogens is 1. The maximum atomic E-state index is 10.6. The molecule has 5 heteroatoms. The zero-order valence-corrected chi connectivity index (χ0v) is 12.1. The van der Waals surface area contributed by atoms with E-state index < -0.39 is 5.97 Å². The van der Waals surface area contributed by atoms with Crippen LogP contribution in [0.3, 0.4) is 0 Å². The lowest BCUT2D eigenvalue weighted by atomic mass is 10.3. The molecular formula is C14H20ClNO3. The van der Waals surface area contributed by atoms with Crippen molar-refractivity contribution in [3.05, 3.63) is 29.3 Å². The molecule has 19 heavy (non-hydrogen) atoms. The minimum Gasteiger partial charge on any atom is -0.491 e. The Hall–Kier alpha value is -1.26. The summed E-state index contributed by atoms with van der Waals surface area (Å²) in [6, 6.07) is 7.60. The van der Waals surface area contributed by atoms with Gasteiger partial charge in [-0.15, -0.1) is 0 Å². The van der Waals surface area contributed by atoms with E-state index in [-0.39, 0.29) is 12.5 Å². The van der Waals surface area contributed by atoms with E-state index in [1.165, 1.54) is 0 Å². The molecule has 0 aliphatic heterocycles. The zero-order valence-electron chi connectivity index (χ0n) is 11.3. The van der Waals surface area contributed by atoms with E-state index in [4.69, 9.17) is 21.4 Å². The van der Waals surface area contributed by atoms with Crippen molar-refractivity contribution in [1.82, 2.24) is 4.90 Å². The van der Waals surface area contributed by atoms with E-state index in [0.29, 0.717) is 30.5 Å². The average molecular weight is 286 g/mol. The summed E-state index contributed by atoms with van der Waals surface area (Å²) >= 11 is 5.99. The van der Waals surface area contributed by atoms with E-state index in [2.05, 4.69) is 4.90 Å². The molecule has 0 radical (unpaired) electrons. The van der Waals surface area contributed by atoms with Crippen molar-refractivity contribution < 1.29 is 14.6 Å². The minimum atomic E-state index is -0.780. The van der Waals surface area contributed by atoms with Gasteiger partial charge in [-0.25, -0.2) is 0 Å². The van der Waals surface area contributed by atoms with Crippen LogP contribution in [-0.4, -0.2) is 41.7 Å². The number of carboxylic acid groups (broad SMARTS) is 1. The molecule has 0 aliphatic rings. The quantitative estimate of drug-likeness (QED) is 0.798. The first kappa shape index (κ1) is 15.8. The molecule has 0 aromatic heterocycles. The Labute approximate surface area is 118 Å². The Morgan fingerprint density at radius 2 is 2.05 bits per heavy atom. The number of para-hydroxylation sites is 1. The zero-order chi connectivity index (χ0) is 14.3. The summed E-state index contributed by atoms with van der Waals surface area (Å²) in [7, 11) is 0. The van der Waals surface area contributed by atoms with E-state index >= 15 is 0 Å². The molecule has 0 heterocycles. The molecule has 0 amide bonds. The lowest BCUT2D eigenvalue weighted by Gasteiger charge is -2.25. The molecule has 0 bridgehead atoms. The highest BCUT2D eigenvalue weighted by Crippen LogP contribution is 2.22. The van der Waals surface area contributed by atoms with Gasteiger partial charge in [-0.2, -0.15) is 0 Å². The molecule has 0 atom stereocenters. The van der Waals surface area contributed by atoms with Crippen molar-refractivity contribution in [2.45, 2.75) is 26.3 Å². The van der Waals surface area contributed by atoms with Crippen molar-refractivity contribution in [3.8, 4) is 5.75 Å². The van der Waals surface area contributed by atoms with Crippen LogP contribution >= 0.6 is 11.6 Å². The van der Waals surface area contributed by atoms with Crippen LogP contribution in [0.25, 0.3) is 0 Å². The number of aliphatic carboxylic acids is 1. The summed E-state index contributed by atoms with van der Waals surface area (Å²) in [6.07, 6.45) is 0.143. The predicted octanol–water partition coefficient (Wildman–Crippen LogP) is 2.90. The van der Waals surface area contributed by atoms with Gasteiger partial charge in [0.05, 0.1) is 11.4 Å². The smallest absolute Gasteiger partial charge is 0.304 e. The second kappa shape index (κ2) is 8.02. The number of rotatable bonds is 8. The molecular weight excluding hydrogens is 266 g/mol. The second-order valence-corrected chi connectivity index (χ2v) is 4.96. The molecule has 0 spiro atoms. The van der Waals surface area contributed by atoms with Crippen LogP contribution in [0.1, 0.15) is 20.3 Å². The second-order valence-electron chi connectivity index (χ2n) is 4.55. The first-order valence-electron chi connectivity index (χ1n) is 6.34. The van der Waals surface area contributed by atoms with Crippen LogP contribution in [0.2, 0.25) is 5.02 Å². The standard InChI is InChI=1S/C14H20ClNO3/c1-11(2)16(8-7-14(17)18)9-10-19-13-6-4-3-5-12(13)15/h3-6,11H,7-10H2,1-2H3,(H,17,18). The molecule has 1 aromatic rings. The Balaban J connectivity index is 2.40. The van der Waals surface area contributed by atoms with E-state index in [9.17, 15) is 4.79 Å². The molecule has 0 unspecified atom stereocenters. The van der Waals surface area contributed by atoms with Crippen molar-refractivity contribution in [2.24, 2.45) is 0 Å². The maximum absolute atomic E-state index is 10.6. The average Bonchev–Trinajstić information content (AvgIpc) is 2.34.